The smallest absolute Gasteiger partial charge is 0.104 e. The van der Waals surface area contributed by atoms with Gasteiger partial charge in [0.2, 0.25) is 0 Å². The van der Waals surface area contributed by atoms with Gasteiger partial charge < -0.3 is 18.3 Å². The highest BCUT2D eigenvalue weighted by Crippen LogP contribution is 2.49. The van der Waals surface area contributed by atoms with Crippen LogP contribution in [0, 0.1) is 36.9 Å². The second-order valence-electron chi connectivity index (χ2n) is 16.4. The second-order valence-corrected chi connectivity index (χ2v) is 21.4. The Morgan fingerprint density at radius 3 is 0.712 bits per heavy atom. The molecule has 0 amide bonds. The molecule has 13 rings (SSSR count). The maximum absolute atomic E-state index is 12.4. The maximum atomic E-state index is 12.4. The number of rotatable bonds is 4. The predicted octanol–water partition coefficient (Wildman–Crippen LogP) is 16.2. The number of para-hydroxylation sites is 4. The van der Waals surface area contributed by atoms with Crippen molar-refractivity contribution >= 4 is 178 Å². The summed E-state index contributed by atoms with van der Waals surface area (Å²) in [6.45, 7) is 0. The first-order valence-electron chi connectivity index (χ1n) is 21.1. The van der Waals surface area contributed by atoms with Crippen molar-refractivity contribution < 1.29 is 0 Å². The standard InChI is InChI=1S/C56H28I4N6/c57-31-17-21-49-39(25-31)35-9-1-5-13-45(35)63(49)53-43(29-61)55(65-47-15-7-3-11-37(47)41-27-33(59)19-23-51(41)65)56(66-48-16-8-4-12-38(48)42-28-34(60)20-24-52(42)66)44(30-62)54(53)64-46-14-6-2-10-36(46)40-26-32(58)18-22-50(40)64/h1-28H. The van der Waals surface area contributed by atoms with Gasteiger partial charge in [-0.05, 0) is 187 Å². The fraction of sp³-hybridized carbons (Fsp3) is 0. The number of hydrogen-bond donors (Lipinski definition) is 0. The van der Waals surface area contributed by atoms with Crippen molar-refractivity contribution in [3.05, 3.63) is 195 Å². The van der Waals surface area contributed by atoms with E-state index in [0.29, 0.717) is 33.9 Å². The van der Waals surface area contributed by atoms with Crippen LogP contribution >= 0.6 is 90.4 Å². The summed E-state index contributed by atoms with van der Waals surface area (Å²) in [6, 6.07) is 65.6. The van der Waals surface area contributed by atoms with Gasteiger partial charge in [0.1, 0.15) is 23.3 Å². The summed E-state index contributed by atoms with van der Waals surface area (Å²) >= 11 is 9.54. The van der Waals surface area contributed by atoms with Crippen molar-refractivity contribution in [2.75, 3.05) is 0 Å². The van der Waals surface area contributed by atoms with Gasteiger partial charge in [-0.1, -0.05) is 72.8 Å². The van der Waals surface area contributed by atoms with Crippen LogP contribution in [0.2, 0.25) is 0 Å². The zero-order chi connectivity index (χ0) is 44.5. The van der Waals surface area contributed by atoms with Gasteiger partial charge in [0, 0.05) is 57.4 Å². The van der Waals surface area contributed by atoms with Gasteiger partial charge in [-0.2, -0.15) is 10.5 Å². The highest BCUT2D eigenvalue weighted by atomic mass is 127. The third-order valence-electron chi connectivity index (χ3n) is 13.1. The molecule has 0 bridgehead atoms. The van der Waals surface area contributed by atoms with E-state index in [-0.39, 0.29) is 0 Å². The fourth-order valence-electron chi connectivity index (χ4n) is 10.5. The monoisotopic (exact) mass is 1290 g/mol. The molecule has 0 fully saturated rings. The van der Waals surface area contributed by atoms with E-state index in [0.717, 1.165) is 102 Å². The second kappa shape index (κ2) is 15.3. The zero-order valence-electron chi connectivity index (χ0n) is 34.4. The Morgan fingerprint density at radius 1 is 0.273 bits per heavy atom. The van der Waals surface area contributed by atoms with E-state index in [1.54, 1.807) is 0 Å². The molecule has 0 saturated carbocycles. The molecule has 6 nitrogen and oxygen atoms in total. The molecule has 0 aliphatic heterocycles. The Bertz CT molecular complexity index is 3840. The van der Waals surface area contributed by atoms with Crippen molar-refractivity contribution in [2.24, 2.45) is 0 Å². The number of hydrogen-bond acceptors (Lipinski definition) is 2. The molecule has 4 heterocycles. The summed E-state index contributed by atoms with van der Waals surface area (Å²) in [6.07, 6.45) is 0. The van der Waals surface area contributed by atoms with Gasteiger partial charge in [-0.15, -0.1) is 0 Å². The Balaban J connectivity index is 1.38. The van der Waals surface area contributed by atoms with Gasteiger partial charge in [0.05, 0.1) is 66.9 Å². The van der Waals surface area contributed by atoms with Crippen molar-refractivity contribution in [3.8, 4) is 34.9 Å². The Morgan fingerprint density at radius 2 is 0.485 bits per heavy atom. The first kappa shape index (κ1) is 40.4. The Labute approximate surface area is 431 Å². The minimum Gasteiger partial charge on any atom is -0.306 e. The summed E-state index contributed by atoms with van der Waals surface area (Å²) in [5.41, 5.74) is 10.9. The van der Waals surface area contributed by atoms with Gasteiger partial charge >= 0.3 is 0 Å². The molecule has 10 heteroatoms. The van der Waals surface area contributed by atoms with Crippen LogP contribution in [0.4, 0.5) is 0 Å². The third-order valence-corrected chi connectivity index (χ3v) is 15.7. The summed E-state index contributed by atoms with van der Waals surface area (Å²) in [4.78, 5) is 0. The number of nitrogens with zero attached hydrogens (tertiary/aromatic N) is 6. The zero-order valence-corrected chi connectivity index (χ0v) is 43.0. The van der Waals surface area contributed by atoms with E-state index in [2.05, 4.69) is 291 Å². The molecule has 0 saturated heterocycles. The minimum atomic E-state index is 0.439. The van der Waals surface area contributed by atoms with Crippen LogP contribution in [0.3, 0.4) is 0 Å². The average molecular weight is 1290 g/mol. The first-order chi connectivity index (χ1) is 32.3. The van der Waals surface area contributed by atoms with Crippen LogP contribution in [-0.4, -0.2) is 18.3 Å². The van der Waals surface area contributed by atoms with Crippen molar-refractivity contribution in [1.29, 1.82) is 10.5 Å². The van der Waals surface area contributed by atoms with E-state index < -0.39 is 0 Å². The lowest BCUT2D eigenvalue weighted by Crippen LogP contribution is -2.16. The highest BCUT2D eigenvalue weighted by molar-refractivity contribution is 14.1. The summed E-state index contributed by atoms with van der Waals surface area (Å²) in [7, 11) is 0. The molecule has 66 heavy (non-hydrogen) atoms. The lowest BCUT2D eigenvalue weighted by Gasteiger charge is -2.27. The van der Waals surface area contributed by atoms with Gasteiger partial charge in [0.15, 0.2) is 0 Å². The van der Waals surface area contributed by atoms with E-state index in [4.69, 9.17) is 0 Å². The molecular formula is C56H28I4N6. The quantitative estimate of drug-likeness (QED) is 0.165. The Hall–Kier alpha value is -5.92. The normalized spacial score (nSPS) is 11.9. The fourth-order valence-corrected chi connectivity index (χ4v) is 12.5. The maximum Gasteiger partial charge on any atom is 0.104 e. The SMILES string of the molecule is N#Cc1c(-n2c3ccccc3c3cc(I)ccc32)c(-n2c3ccccc3c3cc(I)ccc32)c(C#N)c(-n2c3ccccc3c3cc(I)ccc32)c1-n1c2ccccc2c2cc(I)ccc21. The molecule has 13 aromatic rings. The van der Waals surface area contributed by atoms with Gasteiger partial charge in [0.25, 0.3) is 0 Å². The first-order valence-corrected chi connectivity index (χ1v) is 25.5. The molecule has 0 unspecified atom stereocenters. The summed E-state index contributed by atoms with van der Waals surface area (Å²) in [5, 5.41) is 33.4. The van der Waals surface area contributed by atoms with Crippen LogP contribution in [0.25, 0.3) is 110 Å². The summed E-state index contributed by atoms with van der Waals surface area (Å²) < 4.78 is 13.4. The number of nitriles is 2. The van der Waals surface area contributed by atoms with Crippen molar-refractivity contribution in [3.63, 3.8) is 0 Å². The molecule has 0 radical (unpaired) electrons. The topological polar surface area (TPSA) is 67.3 Å². The summed E-state index contributed by atoms with van der Waals surface area (Å²) in [5.74, 6) is 0. The molecule has 9 aromatic carbocycles. The van der Waals surface area contributed by atoms with E-state index in [1.165, 1.54) is 0 Å². The van der Waals surface area contributed by atoms with Crippen molar-refractivity contribution in [1.82, 2.24) is 18.3 Å². The lowest BCUT2D eigenvalue weighted by molar-refractivity contribution is 1.02. The highest BCUT2D eigenvalue weighted by Gasteiger charge is 2.34. The van der Waals surface area contributed by atoms with Crippen LogP contribution in [-0.2, 0) is 0 Å². The largest absolute Gasteiger partial charge is 0.306 e. The molecular weight excluding hydrogens is 1260 g/mol. The number of aromatic nitrogens is 4. The van der Waals surface area contributed by atoms with Crippen LogP contribution in [0.1, 0.15) is 11.1 Å². The lowest BCUT2D eigenvalue weighted by atomic mass is 9.98. The molecule has 0 N–H and O–H groups in total. The third kappa shape index (κ3) is 5.71. The number of halogens is 4. The van der Waals surface area contributed by atoms with Gasteiger partial charge in [-0.25, -0.2) is 0 Å². The average Bonchev–Trinajstić information content (AvgIpc) is 4.05. The Kier molecular flexibility index (Phi) is 9.37. The predicted molar refractivity (Wildman–Crippen MR) is 304 cm³/mol. The number of fused-ring (bicyclic) bond motifs is 12. The van der Waals surface area contributed by atoms with E-state index >= 15 is 0 Å². The molecule has 0 atom stereocenters. The van der Waals surface area contributed by atoms with Crippen molar-refractivity contribution in [2.45, 2.75) is 0 Å². The molecule has 0 spiro atoms. The molecule has 4 aromatic heterocycles. The van der Waals surface area contributed by atoms with Gasteiger partial charge in [-0.3, -0.25) is 0 Å². The van der Waals surface area contributed by atoms with Crippen LogP contribution in [0.5, 0.6) is 0 Å². The van der Waals surface area contributed by atoms with Crippen LogP contribution in [0.15, 0.2) is 170 Å². The minimum absolute atomic E-state index is 0.439. The van der Waals surface area contributed by atoms with Crippen LogP contribution < -0.4 is 0 Å². The molecule has 0 aliphatic rings. The molecule has 0 aliphatic carbocycles. The molecule has 310 valence electrons. The van der Waals surface area contributed by atoms with E-state index in [1.807, 2.05) is 0 Å². The number of benzene rings is 9. The van der Waals surface area contributed by atoms with E-state index in [9.17, 15) is 10.5 Å².